The van der Waals surface area contributed by atoms with Crippen molar-refractivity contribution in [2.75, 3.05) is 27.4 Å². The van der Waals surface area contributed by atoms with Gasteiger partial charge in [0.2, 0.25) is 0 Å². The van der Waals surface area contributed by atoms with E-state index in [0.29, 0.717) is 30.5 Å². The van der Waals surface area contributed by atoms with E-state index in [0.717, 1.165) is 18.3 Å². The Balaban J connectivity index is 2.26. The summed E-state index contributed by atoms with van der Waals surface area (Å²) in [4.78, 5) is 0. The lowest BCUT2D eigenvalue weighted by atomic mass is 9.89. The first kappa shape index (κ1) is 23.6. The Bertz CT molecular complexity index is 497. The number of ether oxygens (including phenoxy) is 5. The van der Waals surface area contributed by atoms with Gasteiger partial charge >= 0.3 is 0 Å². The van der Waals surface area contributed by atoms with E-state index in [9.17, 15) is 0 Å². The van der Waals surface area contributed by atoms with Crippen molar-refractivity contribution in [3.05, 3.63) is 18.2 Å². The van der Waals surface area contributed by atoms with Crippen LogP contribution in [0.4, 0.5) is 0 Å². The van der Waals surface area contributed by atoms with Crippen LogP contribution in [-0.4, -0.2) is 39.8 Å². The van der Waals surface area contributed by atoms with Gasteiger partial charge in [0.1, 0.15) is 23.9 Å². The van der Waals surface area contributed by atoms with Crippen molar-refractivity contribution in [1.82, 2.24) is 0 Å². The molecule has 0 heterocycles. The van der Waals surface area contributed by atoms with Crippen molar-refractivity contribution < 1.29 is 23.7 Å². The molecule has 4 unspecified atom stereocenters. The molecule has 0 aliphatic heterocycles. The van der Waals surface area contributed by atoms with E-state index in [1.54, 1.807) is 14.2 Å². The van der Waals surface area contributed by atoms with Gasteiger partial charge in [0.05, 0.1) is 26.9 Å². The summed E-state index contributed by atoms with van der Waals surface area (Å²) in [5.74, 6) is 3.57. The highest BCUT2D eigenvalue weighted by atomic mass is 16.7. The lowest BCUT2D eigenvalue weighted by molar-refractivity contribution is -0.160. The van der Waals surface area contributed by atoms with Crippen molar-refractivity contribution in [3.63, 3.8) is 0 Å². The van der Waals surface area contributed by atoms with Crippen LogP contribution in [0.15, 0.2) is 18.2 Å². The first-order valence-electron chi connectivity index (χ1n) is 10.0. The maximum Gasteiger partial charge on any atom is 0.155 e. The Morgan fingerprint density at radius 2 is 1.37 bits per heavy atom. The minimum Gasteiger partial charge on any atom is -0.496 e. The van der Waals surface area contributed by atoms with Crippen LogP contribution in [0.3, 0.4) is 0 Å². The lowest BCUT2D eigenvalue weighted by Crippen LogP contribution is -2.23. The Labute approximate surface area is 165 Å². The molecule has 0 saturated carbocycles. The van der Waals surface area contributed by atoms with Crippen LogP contribution in [0.5, 0.6) is 17.2 Å². The summed E-state index contributed by atoms with van der Waals surface area (Å²) in [6.07, 6.45) is 3.41. The molecule has 0 spiro atoms. The summed E-state index contributed by atoms with van der Waals surface area (Å²) >= 11 is 0. The first-order chi connectivity index (χ1) is 12.9. The Kier molecular flexibility index (Phi) is 11.2. The minimum absolute atomic E-state index is 0.190. The van der Waals surface area contributed by atoms with Crippen molar-refractivity contribution in [1.29, 1.82) is 0 Å². The smallest absolute Gasteiger partial charge is 0.155 e. The predicted molar refractivity (Wildman–Crippen MR) is 109 cm³/mol. The summed E-state index contributed by atoms with van der Waals surface area (Å²) in [5, 5.41) is 0. The monoisotopic (exact) mass is 382 g/mol. The maximum atomic E-state index is 5.92. The summed E-state index contributed by atoms with van der Waals surface area (Å²) in [6, 6.07) is 5.45. The number of methoxy groups -OCH3 is 2. The molecule has 0 bridgehead atoms. The SMILES string of the molecule is CCC(C)C(C)CCC(C)OC(C)OCCOc1cc(OC)cc(OC)c1. The van der Waals surface area contributed by atoms with Crippen LogP contribution in [0.1, 0.15) is 53.9 Å². The third kappa shape index (κ3) is 9.34. The Morgan fingerprint density at radius 3 is 1.93 bits per heavy atom. The fraction of sp³-hybridized carbons (Fsp3) is 0.727. The number of rotatable bonds is 14. The van der Waals surface area contributed by atoms with Crippen LogP contribution < -0.4 is 14.2 Å². The summed E-state index contributed by atoms with van der Waals surface area (Å²) in [7, 11) is 3.23. The molecular formula is C22H38O5. The molecule has 4 atom stereocenters. The molecule has 0 amide bonds. The van der Waals surface area contributed by atoms with Gasteiger partial charge in [-0.1, -0.05) is 27.2 Å². The molecule has 1 rings (SSSR count). The molecule has 156 valence electrons. The molecule has 0 fully saturated rings. The second-order valence-electron chi connectivity index (χ2n) is 7.22. The number of hydrogen-bond acceptors (Lipinski definition) is 5. The summed E-state index contributed by atoms with van der Waals surface area (Å²) in [5.41, 5.74) is 0. The Hall–Kier alpha value is -1.46. The third-order valence-corrected chi connectivity index (χ3v) is 5.10. The molecule has 0 N–H and O–H groups in total. The first-order valence-corrected chi connectivity index (χ1v) is 10.0. The van der Waals surface area contributed by atoms with Gasteiger partial charge in [-0.2, -0.15) is 0 Å². The molecule has 0 saturated heterocycles. The van der Waals surface area contributed by atoms with Crippen LogP contribution >= 0.6 is 0 Å². The van der Waals surface area contributed by atoms with Gasteiger partial charge < -0.3 is 23.7 Å². The van der Waals surface area contributed by atoms with Gasteiger partial charge in [-0.15, -0.1) is 0 Å². The summed E-state index contributed by atoms with van der Waals surface area (Å²) < 4.78 is 27.8. The van der Waals surface area contributed by atoms with E-state index in [-0.39, 0.29) is 12.4 Å². The third-order valence-electron chi connectivity index (χ3n) is 5.10. The maximum absolute atomic E-state index is 5.92. The zero-order chi connectivity index (χ0) is 20.2. The minimum atomic E-state index is -0.248. The fourth-order valence-corrected chi connectivity index (χ4v) is 2.86. The molecule has 5 nitrogen and oxygen atoms in total. The van der Waals surface area contributed by atoms with E-state index in [2.05, 4.69) is 27.7 Å². The van der Waals surface area contributed by atoms with Crippen LogP contribution in [0, 0.1) is 11.8 Å². The second kappa shape index (κ2) is 12.8. The van der Waals surface area contributed by atoms with E-state index < -0.39 is 0 Å². The second-order valence-corrected chi connectivity index (χ2v) is 7.22. The van der Waals surface area contributed by atoms with Gasteiger partial charge in [-0.3, -0.25) is 0 Å². The molecule has 5 heteroatoms. The molecule has 0 radical (unpaired) electrons. The normalized spacial score (nSPS) is 15.7. The fourth-order valence-electron chi connectivity index (χ4n) is 2.86. The van der Waals surface area contributed by atoms with Crippen molar-refractivity contribution in [2.24, 2.45) is 11.8 Å². The van der Waals surface area contributed by atoms with E-state index in [1.807, 2.05) is 25.1 Å². The molecule has 27 heavy (non-hydrogen) atoms. The van der Waals surface area contributed by atoms with Crippen LogP contribution in [0.2, 0.25) is 0 Å². The largest absolute Gasteiger partial charge is 0.496 e. The van der Waals surface area contributed by atoms with Gasteiger partial charge in [0, 0.05) is 18.2 Å². The van der Waals surface area contributed by atoms with Crippen LogP contribution in [-0.2, 0) is 9.47 Å². The molecular weight excluding hydrogens is 344 g/mol. The average Bonchev–Trinajstić information content (AvgIpc) is 2.68. The molecule has 0 aliphatic carbocycles. The van der Waals surface area contributed by atoms with Gasteiger partial charge in [-0.25, -0.2) is 0 Å². The standard InChI is InChI=1S/C22H38O5/c1-8-16(2)17(3)9-10-18(4)27-19(5)25-11-12-26-22-14-20(23-6)13-21(15-22)24-7/h13-19H,8-12H2,1-7H3. The van der Waals surface area contributed by atoms with Gasteiger partial charge in [0.25, 0.3) is 0 Å². The molecule has 0 aromatic heterocycles. The number of benzene rings is 1. The van der Waals surface area contributed by atoms with E-state index in [1.165, 1.54) is 12.8 Å². The molecule has 1 aromatic rings. The quantitative estimate of drug-likeness (QED) is 0.322. The zero-order valence-corrected chi connectivity index (χ0v) is 18.1. The van der Waals surface area contributed by atoms with Crippen LogP contribution in [0.25, 0.3) is 0 Å². The van der Waals surface area contributed by atoms with Gasteiger partial charge in [-0.05, 0) is 38.5 Å². The average molecular weight is 383 g/mol. The molecule has 0 aliphatic rings. The Morgan fingerprint density at radius 1 is 0.778 bits per heavy atom. The van der Waals surface area contributed by atoms with E-state index >= 15 is 0 Å². The topological polar surface area (TPSA) is 46.2 Å². The van der Waals surface area contributed by atoms with Gasteiger partial charge in [0.15, 0.2) is 6.29 Å². The highest BCUT2D eigenvalue weighted by Crippen LogP contribution is 2.27. The van der Waals surface area contributed by atoms with E-state index in [4.69, 9.17) is 23.7 Å². The lowest BCUT2D eigenvalue weighted by Gasteiger charge is -2.23. The summed E-state index contributed by atoms with van der Waals surface area (Å²) in [6.45, 7) is 11.8. The van der Waals surface area contributed by atoms with Crippen molar-refractivity contribution in [3.8, 4) is 17.2 Å². The predicted octanol–water partition coefficient (Wildman–Crippen LogP) is 5.31. The highest BCUT2D eigenvalue weighted by molar-refractivity contribution is 5.41. The highest BCUT2D eigenvalue weighted by Gasteiger charge is 2.14. The number of hydrogen-bond donors (Lipinski definition) is 0. The zero-order valence-electron chi connectivity index (χ0n) is 18.1. The van der Waals surface area contributed by atoms with Crippen molar-refractivity contribution in [2.45, 2.75) is 66.3 Å². The molecule has 1 aromatic carbocycles. The van der Waals surface area contributed by atoms with Crippen molar-refractivity contribution >= 4 is 0 Å².